The van der Waals surface area contributed by atoms with Gasteiger partial charge in [0.15, 0.2) is 6.61 Å². The van der Waals surface area contributed by atoms with Crippen LogP contribution in [0.3, 0.4) is 0 Å². The van der Waals surface area contributed by atoms with Crippen molar-refractivity contribution in [2.45, 2.75) is 0 Å². The summed E-state index contributed by atoms with van der Waals surface area (Å²) in [7, 11) is 0. The molecule has 0 aliphatic rings. The van der Waals surface area contributed by atoms with Crippen molar-refractivity contribution in [2.24, 2.45) is 0 Å². The molecular weight excluding hydrogens is 372 g/mol. The molecule has 2 aromatic carbocycles. The predicted molar refractivity (Wildman–Crippen MR) is 92.1 cm³/mol. The lowest BCUT2D eigenvalue weighted by Crippen LogP contribution is -2.20. The summed E-state index contributed by atoms with van der Waals surface area (Å²) >= 11 is 7.10. The first-order chi connectivity index (χ1) is 11.9. The fourth-order valence-corrected chi connectivity index (χ4v) is 3.52. The number of benzene rings is 2. The third-order valence-electron chi connectivity index (χ3n) is 3.24. The second kappa shape index (κ2) is 7.16. The van der Waals surface area contributed by atoms with Crippen LogP contribution in [0.15, 0.2) is 42.5 Å². The smallest absolute Gasteiger partial charge is 0.350 e. The first-order valence-corrected chi connectivity index (χ1v) is 8.23. The summed E-state index contributed by atoms with van der Waals surface area (Å²) in [5.41, 5.74) is 0.373. The summed E-state index contributed by atoms with van der Waals surface area (Å²) in [4.78, 5) is 24.0. The molecule has 0 unspecified atom stereocenters. The summed E-state index contributed by atoms with van der Waals surface area (Å²) in [6, 6.07) is 9.13. The lowest BCUT2D eigenvalue weighted by molar-refractivity contribution is -0.119. The van der Waals surface area contributed by atoms with Crippen molar-refractivity contribution in [1.82, 2.24) is 0 Å². The van der Waals surface area contributed by atoms with Gasteiger partial charge >= 0.3 is 5.97 Å². The lowest BCUT2D eigenvalue weighted by atomic mass is 10.2. The number of carbonyl (C=O) groups is 2. The van der Waals surface area contributed by atoms with Crippen LogP contribution in [0.25, 0.3) is 10.1 Å². The summed E-state index contributed by atoms with van der Waals surface area (Å²) in [6.45, 7) is -0.533. The van der Waals surface area contributed by atoms with Crippen LogP contribution in [0, 0.1) is 11.6 Å². The molecule has 1 aromatic heterocycles. The maximum atomic E-state index is 13.2. The molecule has 1 amide bonds. The fraction of sp³-hybridized carbons (Fsp3) is 0.0588. The molecule has 1 heterocycles. The van der Waals surface area contributed by atoms with Crippen LogP contribution in [0.4, 0.5) is 14.5 Å². The number of nitrogens with one attached hydrogen (secondary N) is 1. The highest BCUT2D eigenvalue weighted by Crippen LogP contribution is 2.36. The molecule has 128 valence electrons. The molecule has 8 heteroatoms. The van der Waals surface area contributed by atoms with Gasteiger partial charge in [0.05, 0.1) is 5.02 Å². The molecule has 25 heavy (non-hydrogen) atoms. The molecule has 3 rings (SSSR count). The Balaban J connectivity index is 1.65. The molecule has 0 aliphatic heterocycles. The Bertz CT molecular complexity index is 956. The molecule has 0 spiro atoms. The minimum Gasteiger partial charge on any atom is -0.451 e. The van der Waals surface area contributed by atoms with Crippen LogP contribution < -0.4 is 5.32 Å². The number of hydrogen-bond donors (Lipinski definition) is 1. The number of thiophene rings is 1. The van der Waals surface area contributed by atoms with Crippen molar-refractivity contribution < 1.29 is 23.1 Å². The van der Waals surface area contributed by atoms with Gasteiger partial charge in [-0.3, -0.25) is 4.79 Å². The quantitative estimate of drug-likeness (QED) is 0.670. The van der Waals surface area contributed by atoms with Crippen LogP contribution in [0.5, 0.6) is 0 Å². The van der Waals surface area contributed by atoms with Gasteiger partial charge in [-0.2, -0.15) is 0 Å². The Labute approximate surface area is 150 Å². The summed E-state index contributed by atoms with van der Waals surface area (Å²) in [5, 5.41) is 3.16. The summed E-state index contributed by atoms with van der Waals surface area (Å²) in [6.07, 6.45) is 0. The van der Waals surface area contributed by atoms with Crippen LogP contribution in [-0.2, 0) is 9.53 Å². The third kappa shape index (κ3) is 3.94. The van der Waals surface area contributed by atoms with Gasteiger partial charge in [0.25, 0.3) is 5.91 Å². The van der Waals surface area contributed by atoms with Crippen molar-refractivity contribution in [3.8, 4) is 0 Å². The van der Waals surface area contributed by atoms with Gasteiger partial charge in [-0.05, 0) is 42.5 Å². The van der Waals surface area contributed by atoms with E-state index in [-0.39, 0.29) is 9.90 Å². The number of anilines is 1. The van der Waals surface area contributed by atoms with Crippen molar-refractivity contribution >= 4 is 50.6 Å². The van der Waals surface area contributed by atoms with Crippen molar-refractivity contribution in [3.63, 3.8) is 0 Å². The molecule has 4 nitrogen and oxygen atoms in total. The van der Waals surface area contributed by atoms with Crippen molar-refractivity contribution in [2.75, 3.05) is 11.9 Å². The number of esters is 1. The maximum absolute atomic E-state index is 13.2. The SMILES string of the molecule is O=C(COC(=O)c1sc2cc(F)ccc2c1Cl)Nc1ccc(F)cc1. The molecule has 0 radical (unpaired) electrons. The zero-order valence-electron chi connectivity index (χ0n) is 12.5. The van der Waals surface area contributed by atoms with Gasteiger partial charge in [-0.25, -0.2) is 13.6 Å². The van der Waals surface area contributed by atoms with Gasteiger partial charge in [-0.1, -0.05) is 11.6 Å². The number of hydrogen-bond acceptors (Lipinski definition) is 4. The van der Waals surface area contributed by atoms with E-state index in [2.05, 4.69) is 5.32 Å². The summed E-state index contributed by atoms with van der Waals surface area (Å²) in [5.74, 6) is -2.23. The Morgan fingerprint density at radius 1 is 1.08 bits per heavy atom. The topological polar surface area (TPSA) is 55.4 Å². The number of ether oxygens (including phenoxy) is 1. The molecule has 0 saturated carbocycles. The molecule has 1 N–H and O–H groups in total. The molecule has 0 saturated heterocycles. The Morgan fingerprint density at radius 2 is 1.76 bits per heavy atom. The van der Waals surface area contributed by atoms with E-state index < -0.39 is 30.1 Å². The van der Waals surface area contributed by atoms with Crippen LogP contribution in [0.2, 0.25) is 5.02 Å². The molecule has 0 atom stereocenters. The predicted octanol–water partition coefficient (Wildman–Crippen LogP) is 4.63. The first-order valence-electron chi connectivity index (χ1n) is 7.04. The Kier molecular flexibility index (Phi) is 4.96. The zero-order chi connectivity index (χ0) is 18.0. The standard InChI is InChI=1S/C17H10ClF2NO3S/c18-15-12-6-3-10(20)7-13(12)25-16(15)17(23)24-8-14(22)21-11-4-1-9(19)2-5-11/h1-7H,8H2,(H,21,22). The average Bonchev–Trinajstić information content (AvgIpc) is 2.91. The number of amides is 1. The van der Waals surface area contributed by atoms with E-state index in [9.17, 15) is 18.4 Å². The Hall–Kier alpha value is -2.51. The Morgan fingerprint density at radius 3 is 2.48 bits per heavy atom. The second-order valence-corrected chi connectivity index (χ2v) is 6.45. The van der Waals surface area contributed by atoms with Crippen molar-refractivity contribution in [1.29, 1.82) is 0 Å². The number of carbonyl (C=O) groups excluding carboxylic acids is 2. The van der Waals surface area contributed by atoms with Gasteiger partial charge in [0.2, 0.25) is 0 Å². The van der Waals surface area contributed by atoms with Crippen LogP contribution in [0.1, 0.15) is 9.67 Å². The number of rotatable bonds is 4. The molecule has 0 fully saturated rings. The van der Waals surface area contributed by atoms with E-state index in [4.69, 9.17) is 16.3 Å². The number of halogens is 3. The molecule has 0 aliphatic carbocycles. The van der Waals surface area contributed by atoms with E-state index in [1.807, 2.05) is 0 Å². The lowest BCUT2D eigenvalue weighted by Gasteiger charge is -2.06. The monoisotopic (exact) mass is 381 g/mol. The minimum absolute atomic E-state index is 0.0943. The summed E-state index contributed by atoms with van der Waals surface area (Å²) < 4.78 is 31.5. The normalized spacial score (nSPS) is 10.7. The van der Waals surface area contributed by atoms with E-state index in [1.165, 1.54) is 42.5 Å². The van der Waals surface area contributed by atoms with Crippen molar-refractivity contribution in [3.05, 3.63) is 64.0 Å². The van der Waals surface area contributed by atoms with Gasteiger partial charge < -0.3 is 10.1 Å². The van der Waals surface area contributed by atoms with E-state index in [0.29, 0.717) is 15.8 Å². The van der Waals surface area contributed by atoms with E-state index in [1.54, 1.807) is 0 Å². The molecule has 3 aromatic rings. The fourth-order valence-electron chi connectivity index (χ4n) is 2.10. The molecule has 0 bridgehead atoms. The first kappa shape index (κ1) is 17.3. The maximum Gasteiger partial charge on any atom is 0.350 e. The van der Waals surface area contributed by atoms with E-state index >= 15 is 0 Å². The highest BCUT2D eigenvalue weighted by atomic mass is 35.5. The zero-order valence-corrected chi connectivity index (χ0v) is 14.1. The highest BCUT2D eigenvalue weighted by molar-refractivity contribution is 7.21. The van der Waals surface area contributed by atoms with Gasteiger partial charge in [0, 0.05) is 15.8 Å². The number of fused-ring (bicyclic) bond motifs is 1. The van der Waals surface area contributed by atoms with Gasteiger partial charge in [0.1, 0.15) is 16.5 Å². The van der Waals surface area contributed by atoms with Crippen LogP contribution >= 0.6 is 22.9 Å². The highest BCUT2D eigenvalue weighted by Gasteiger charge is 2.19. The second-order valence-electron chi connectivity index (χ2n) is 5.02. The minimum atomic E-state index is -0.777. The van der Waals surface area contributed by atoms with E-state index in [0.717, 1.165) is 11.3 Å². The third-order valence-corrected chi connectivity index (χ3v) is 4.88. The van der Waals surface area contributed by atoms with Gasteiger partial charge in [-0.15, -0.1) is 11.3 Å². The van der Waals surface area contributed by atoms with Crippen LogP contribution in [-0.4, -0.2) is 18.5 Å². The molecular formula is C17H10ClF2NO3S. The average molecular weight is 382 g/mol. The largest absolute Gasteiger partial charge is 0.451 e.